The van der Waals surface area contributed by atoms with Gasteiger partial charge in [-0.2, -0.15) is 0 Å². The van der Waals surface area contributed by atoms with E-state index >= 15 is 0 Å². The topological polar surface area (TPSA) is 0 Å². The quantitative estimate of drug-likeness (QED) is 0.434. The van der Waals surface area contributed by atoms with Gasteiger partial charge < -0.3 is 0 Å². The Morgan fingerprint density at radius 3 is 1.80 bits per heavy atom. The summed E-state index contributed by atoms with van der Waals surface area (Å²) in [5, 5.41) is 0. The standard InChI is InChI=1S/C3H9P.CH4/c1-3-4-2;/h4H,3H2,1-2H3;1H4. The molecule has 0 bridgehead atoms. The maximum absolute atomic E-state index is 2.21. The minimum absolute atomic E-state index is 0. The zero-order valence-corrected chi connectivity index (χ0v) is 4.21. The van der Waals surface area contributed by atoms with Crippen molar-refractivity contribution in [1.29, 1.82) is 0 Å². The molecule has 0 aromatic carbocycles. The predicted octanol–water partition coefficient (Wildman–Crippen LogP) is 1.95. The molecule has 0 amide bonds. The van der Waals surface area contributed by atoms with Crippen LogP contribution in [0.1, 0.15) is 14.4 Å². The Hall–Kier alpha value is 0.430. The molecule has 1 atom stereocenters. The highest BCUT2D eigenvalue weighted by Gasteiger charge is 1.55. The maximum atomic E-state index is 2.21. The van der Waals surface area contributed by atoms with E-state index in [2.05, 4.69) is 13.6 Å². The Labute approximate surface area is 36.8 Å². The van der Waals surface area contributed by atoms with Gasteiger partial charge in [-0.05, 0) is 12.8 Å². The largest absolute Gasteiger partial charge is 0.126 e. The summed E-state index contributed by atoms with van der Waals surface area (Å²) in [6.45, 7) is 4.40. The predicted molar refractivity (Wildman–Crippen MR) is 31.5 cm³/mol. The molecule has 0 heterocycles. The SMILES string of the molecule is C.CCPC. The summed E-state index contributed by atoms with van der Waals surface area (Å²) < 4.78 is 0. The first-order valence-corrected chi connectivity index (χ1v) is 3.27. The van der Waals surface area contributed by atoms with Crippen molar-refractivity contribution < 1.29 is 0 Å². The van der Waals surface area contributed by atoms with Gasteiger partial charge in [0, 0.05) is 0 Å². The normalized spacial score (nSPS) is 8.40. The molecule has 5 heavy (non-hydrogen) atoms. The summed E-state index contributed by atoms with van der Waals surface area (Å²) >= 11 is 0. The van der Waals surface area contributed by atoms with Crippen LogP contribution in [0.4, 0.5) is 0 Å². The van der Waals surface area contributed by atoms with Crippen molar-refractivity contribution in [3.8, 4) is 0 Å². The Morgan fingerprint density at radius 1 is 1.60 bits per heavy atom. The summed E-state index contributed by atoms with van der Waals surface area (Å²) in [6, 6.07) is 0. The van der Waals surface area contributed by atoms with Gasteiger partial charge in [0.05, 0.1) is 0 Å². The molecule has 0 fully saturated rings. The fraction of sp³-hybridized carbons (Fsp3) is 1.00. The minimum Gasteiger partial charge on any atom is -0.126 e. The van der Waals surface area contributed by atoms with Crippen LogP contribution in [-0.2, 0) is 0 Å². The van der Waals surface area contributed by atoms with Crippen LogP contribution in [-0.4, -0.2) is 12.8 Å². The lowest BCUT2D eigenvalue weighted by Crippen LogP contribution is -1.47. The molecule has 1 heteroatoms. The number of rotatable bonds is 1. The summed E-state index contributed by atoms with van der Waals surface area (Å²) in [6.07, 6.45) is 1.35. The molecule has 0 aliphatic carbocycles. The van der Waals surface area contributed by atoms with Gasteiger partial charge in [-0.1, -0.05) is 14.4 Å². The van der Waals surface area contributed by atoms with Crippen molar-refractivity contribution >= 4 is 8.58 Å². The molecular formula is C4H13P. The number of hydrogen-bond donors (Lipinski definition) is 0. The van der Waals surface area contributed by atoms with Crippen LogP contribution >= 0.6 is 8.58 Å². The molecule has 0 saturated carbocycles. The average molecular weight is 92.1 g/mol. The zero-order valence-electron chi connectivity index (χ0n) is 3.21. The Morgan fingerprint density at radius 2 is 1.80 bits per heavy atom. The molecule has 0 aliphatic rings. The summed E-state index contributed by atoms with van der Waals surface area (Å²) in [4.78, 5) is 0. The van der Waals surface area contributed by atoms with Gasteiger partial charge in [0.15, 0.2) is 0 Å². The van der Waals surface area contributed by atoms with Gasteiger partial charge in [-0.3, -0.25) is 0 Å². The molecule has 0 nitrogen and oxygen atoms in total. The molecular weight excluding hydrogens is 79.0 g/mol. The van der Waals surface area contributed by atoms with E-state index in [1.54, 1.807) is 0 Å². The van der Waals surface area contributed by atoms with Gasteiger partial charge in [-0.25, -0.2) is 0 Å². The van der Waals surface area contributed by atoms with Gasteiger partial charge in [0.1, 0.15) is 0 Å². The molecule has 34 valence electrons. The third kappa shape index (κ3) is 12.8. The third-order valence-corrected chi connectivity index (χ3v) is 1.06. The summed E-state index contributed by atoms with van der Waals surface area (Å²) in [7, 11) is 1.14. The van der Waals surface area contributed by atoms with Crippen molar-refractivity contribution in [2.45, 2.75) is 14.4 Å². The van der Waals surface area contributed by atoms with Crippen LogP contribution in [0.5, 0.6) is 0 Å². The lowest BCUT2D eigenvalue weighted by molar-refractivity contribution is 1.52. The Balaban J connectivity index is 0. The fourth-order valence-electron chi connectivity index (χ4n) is 0. The van der Waals surface area contributed by atoms with Crippen molar-refractivity contribution in [1.82, 2.24) is 0 Å². The monoisotopic (exact) mass is 92.1 g/mol. The lowest BCUT2D eigenvalue weighted by Gasteiger charge is -1.69. The van der Waals surface area contributed by atoms with Gasteiger partial charge >= 0.3 is 0 Å². The van der Waals surface area contributed by atoms with E-state index in [1.807, 2.05) is 0 Å². The van der Waals surface area contributed by atoms with Crippen molar-refractivity contribution in [2.24, 2.45) is 0 Å². The van der Waals surface area contributed by atoms with E-state index in [0.717, 1.165) is 8.58 Å². The second-order valence-corrected chi connectivity index (χ2v) is 2.12. The Kier molecular flexibility index (Phi) is 16.0. The van der Waals surface area contributed by atoms with Crippen molar-refractivity contribution in [2.75, 3.05) is 12.8 Å². The van der Waals surface area contributed by atoms with Crippen LogP contribution in [0.25, 0.3) is 0 Å². The molecule has 0 aliphatic heterocycles. The lowest BCUT2D eigenvalue weighted by atomic mass is 11.0. The van der Waals surface area contributed by atoms with E-state index in [0.29, 0.717) is 0 Å². The van der Waals surface area contributed by atoms with Crippen LogP contribution in [0, 0.1) is 0 Å². The minimum atomic E-state index is 0. The molecule has 0 rings (SSSR count). The van der Waals surface area contributed by atoms with E-state index in [1.165, 1.54) is 6.16 Å². The van der Waals surface area contributed by atoms with E-state index in [-0.39, 0.29) is 7.43 Å². The van der Waals surface area contributed by atoms with Crippen LogP contribution in [0.3, 0.4) is 0 Å². The zero-order chi connectivity index (χ0) is 3.41. The van der Waals surface area contributed by atoms with Crippen molar-refractivity contribution in [3.05, 3.63) is 0 Å². The second kappa shape index (κ2) is 8.83. The third-order valence-electron chi connectivity index (χ3n) is 0.354. The molecule has 0 saturated heterocycles. The van der Waals surface area contributed by atoms with Crippen LogP contribution in [0.15, 0.2) is 0 Å². The first kappa shape index (κ1) is 9.06. The average Bonchev–Trinajstić information content (AvgIpc) is 1.37. The first-order valence-electron chi connectivity index (χ1n) is 1.56. The van der Waals surface area contributed by atoms with Crippen LogP contribution < -0.4 is 0 Å². The molecule has 0 radical (unpaired) electrons. The fourth-order valence-corrected chi connectivity index (χ4v) is 0. The smallest absolute Gasteiger partial charge is 0.0385 e. The first-order chi connectivity index (χ1) is 1.91. The number of hydrogen-bond acceptors (Lipinski definition) is 0. The van der Waals surface area contributed by atoms with E-state index in [4.69, 9.17) is 0 Å². The summed E-state index contributed by atoms with van der Waals surface area (Å²) in [5.41, 5.74) is 0. The van der Waals surface area contributed by atoms with Crippen LogP contribution in [0.2, 0.25) is 0 Å². The summed E-state index contributed by atoms with van der Waals surface area (Å²) in [5.74, 6) is 0. The highest BCUT2D eigenvalue weighted by molar-refractivity contribution is 7.36. The van der Waals surface area contributed by atoms with E-state index < -0.39 is 0 Å². The van der Waals surface area contributed by atoms with Gasteiger partial charge in [0.25, 0.3) is 0 Å². The Bertz CT molecular complexity index is 5.61. The molecule has 0 spiro atoms. The maximum Gasteiger partial charge on any atom is -0.0385 e. The highest BCUT2D eigenvalue weighted by atomic mass is 31.1. The van der Waals surface area contributed by atoms with E-state index in [9.17, 15) is 0 Å². The second-order valence-electron chi connectivity index (χ2n) is 0.707. The van der Waals surface area contributed by atoms with Gasteiger partial charge in [-0.15, -0.1) is 8.58 Å². The molecule has 0 aromatic heterocycles. The molecule has 0 N–H and O–H groups in total. The van der Waals surface area contributed by atoms with Gasteiger partial charge in [0.2, 0.25) is 0 Å². The van der Waals surface area contributed by atoms with Crippen molar-refractivity contribution in [3.63, 3.8) is 0 Å². The molecule has 0 aromatic rings. The molecule has 1 unspecified atom stereocenters. The highest BCUT2D eigenvalue weighted by Crippen LogP contribution is 1.95.